The zero-order valence-corrected chi connectivity index (χ0v) is 16.0. The molecular formula is C20H16ClN6O. The summed E-state index contributed by atoms with van der Waals surface area (Å²) in [6.45, 7) is 3.62. The predicted octanol–water partition coefficient (Wildman–Crippen LogP) is 4.00. The zero-order valence-electron chi connectivity index (χ0n) is 15.2. The van der Waals surface area contributed by atoms with E-state index in [0.29, 0.717) is 22.4 Å². The van der Waals surface area contributed by atoms with E-state index in [1.165, 1.54) is 11.2 Å². The molecule has 0 fully saturated rings. The van der Waals surface area contributed by atoms with Crippen LogP contribution in [0.1, 0.15) is 12.6 Å². The third-order valence-corrected chi connectivity index (χ3v) is 4.46. The monoisotopic (exact) mass is 391 g/mol. The first-order valence-electron chi connectivity index (χ1n) is 8.60. The first-order chi connectivity index (χ1) is 13.5. The van der Waals surface area contributed by atoms with Crippen molar-refractivity contribution in [2.24, 2.45) is 0 Å². The first kappa shape index (κ1) is 18.1. The highest BCUT2D eigenvalue weighted by Crippen LogP contribution is 2.24. The average Bonchev–Trinajstić information content (AvgIpc) is 3.18. The van der Waals surface area contributed by atoms with Crippen molar-refractivity contribution in [3.63, 3.8) is 0 Å². The number of nitrogens with zero attached hydrogens (tertiary/aromatic N) is 5. The maximum absolute atomic E-state index is 11.6. The molecule has 1 N–H and O–H groups in total. The van der Waals surface area contributed by atoms with Crippen LogP contribution in [0.2, 0.25) is 5.02 Å². The number of aryl methyl sites for hydroxylation is 1. The van der Waals surface area contributed by atoms with Gasteiger partial charge in [-0.2, -0.15) is 5.10 Å². The minimum atomic E-state index is -0.268. The number of hydrogen-bond donors (Lipinski definition) is 1. The number of rotatable bonds is 4. The molecule has 4 rings (SSSR count). The third-order valence-electron chi connectivity index (χ3n) is 4.25. The molecule has 1 amide bonds. The molecule has 3 aromatic heterocycles. The number of pyridine rings is 2. The second kappa shape index (κ2) is 7.36. The van der Waals surface area contributed by atoms with E-state index in [-0.39, 0.29) is 5.91 Å². The van der Waals surface area contributed by atoms with Crippen LogP contribution in [0, 0.1) is 13.3 Å². The fourth-order valence-electron chi connectivity index (χ4n) is 2.84. The number of nitrogens with one attached hydrogen (secondary N) is 1. The summed E-state index contributed by atoms with van der Waals surface area (Å²) in [4.78, 5) is 21.6. The Morgan fingerprint density at radius 1 is 1.21 bits per heavy atom. The standard InChI is InChI=1S/C20H16ClN6O/c1-3-20(28)25-18-9-15(21)10-19(24-18)27-23-11-17(26-27)14-4-5-16-12(2)22-7-6-13(16)8-14/h3-11H,1-2H3,(H,24,25,28). The smallest absolute Gasteiger partial charge is 0.229 e. The highest BCUT2D eigenvalue weighted by molar-refractivity contribution is 6.31. The number of halogens is 1. The second-order valence-electron chi connectivity index (χ2n) is 6.16. The quantitative estimate of drug-likeness (QED) is 0.568. The molecule has 28 heavy (non-hydrogen) atoms. The normalized spacial score (nSPS) is 11.0. The van der Waals surface area contributed by atoms with Crippen LogP contribution in [0.3, 0.4) is 0 Å². The van der Waals surface area contributed by atoms with E-state index in [9.17, 15) is 4.79 Å². The molecule has 1 aromatic carbocycles. The number of hydrogen-bond acceptors (Lipinski definition) is 5. The van der Waals surface area contributed by atoms with Gasteiger partial charge < -0.3 is 5.32 Å². The van der Waals surface area contributed by atoms with Crippen LogP contribution in [0.15, 0.2) is 48.8 Å². The number of aromatic nitrogens is 5. The Labute approximate surface area is 166 Å². The maximum atomic E-state index is 11.6. The van der Waals surface area contributed by atoms with Crippen LogP contribution in [-0.4, -0.2) is 30.9 Å². The number of benzene rings is 1. The van der Waals surface area contributed by atoms with Crippen LogP contribution >= 0.6 is 11.6 Å². The summed E-state index contributed by atoms with van der Waals surface area (Å²) in [5.41, 5.74) is 2.61. The summed E-state index contributed by atoms with van der Waals surface area (Å²) in [5.74, 6) is 0.472. The van der Waals surface area contributed by atoms with Gasteiger partial charge in [0.15, 0.2) is 5.82 Å². The van der Waals surface area contributed by atoms with E-state index < -0.39 is 0 Å². The molecule has 0 saturated heterocycles. The van der Waals surface area contributed by atoms with Gasteiger partial charge in [-0.25, -0.2) is 4.98 Å². The van der Waals surface area contributed by atoms with Crippen molar-refractivity contribution < 1.29 is 4.79 Å². The van der Waals surface area contributed by atoms with Crippen molar-refractivity contribution in [2.75, 3.05) is 5.32 Å². The molecule has 0 bridgehead atoms. The number of fused-ring (bicyclic) bond motifs is 1. The molecule has 0 saturated carbocycles. The van der Waals surface area contributed by atoms with Crippen LogP contribution in [0.4, 0.5) is 5.82 Å². The summed E-state index contributed by atoms with van der Waals surface area (Å²) in [6.07, 6.45) is 4.86. The molecular weight excluding hydrogens is 376 g/mol. The van der Waals surface area contributed by atoms with Crippen molar-refractivity contribution in [1.82, 2.24) is 25.0 Å². The Hall–Kier alpha value is -3.32. The van der Waals surface area contributed by atoms with Gasteiger partial charge in [-0.15, -0.1) is 9.90 Å². The number of carbonyl (C=O) groups excluding carboxylic acids is 1. The van der Waals surface area contributed by atoms with Crippen LogP contribution in [-0.2, 0) is 4.79 Å². The van der Waals surface area contributed by atoms with Gasteiger partial charge >= 0.3 is 0 Å². The van der Waals surface area contributed by atoms with Gasteiger partial charge in [0, 0.05) is 40.4 Å². The highest BCUT2D eigenvalue weighted by Gasteiger charge is 2.11. The van der Waals surface area contributed by atoms with Gasteiger partial charge in [0.25, 0.3) is 0 Å². The first-order valence-corrected chi connectivity index (χ1v) is 8.97. The lowest BCUT2D eigenvalue weighted by molar-refractivity contribution is -0.113. The summed E-state index contributed by atoms with van der Waals surface area (Å²) in [6, 6.07) is 11.2. The largest absolute Gasteiger partial charge is 0.310 e. The Morgan fingerprint density at radius 2 is 2.07 bits per heavy atom. The molecule has 0 unspecified atom stereocenters. The topological polar surface area (TPSA) is 85.6 Å². The molecule has 139 valence electrons. The molecule has 3 heterocycles. The van der Waals surface area contributed by atoms with Crippen LogP contribution in [0.5, 0.6) is 0 Å². The molecule has 0 aliphatic carbocycles. The summed E-state index contributed by atoms with van der Waals surface area (Å²) in [7, 11) is 0. The Morgan fingerprint density at radius 3 is 2.89 bits per heavy atom. The molecule has 0 aliphatic rings. The van der Waals surface area contributed by atoms with Crippen molar-refractivity contribution in [2.45, 2.75) is 13.8 Å². The van der Waals surface area contributed by atoms with Crippen LogP contribution in [0.25, 0.3) is 27.8 Å². The van der Waals surface area contributed by atoms with E-state index in [4.69, 9.17) is 11.6 Å². The molecule has 4 aromatic rings. The van der Waals surface area contributed by atoms with Crippen LogP contribution < -0.4 is 5.32 Å². The third kappa shape index (κ3) is 3.57. The van der Waals surface area contributed by atoms with Gasteiger partial charge in [-0.1, -0.05) is 30.7 Å². The van der Waals surface area contributed by atoms with E-state index >= 15 is 0 Å². The van der Waals surface area contributed by atoms with Gasteiger partial charge in [-0.05, 0) is 30.5 Å². The molecule has 1 radical (unpaired) electrons. The van der Waals surface area contributed by atoms with Crippen molar-refractivity contribution in [3.05, 3.63) is 65.9 Å². The second-order valence-corrected chi connectivity index (χ2v) is 6.59. The summed E-state index contributed by atoms with van der Waals surface area (Å²) in [5, 5.41) is 14.0. The van der Waals surface area contributed by atoms with Crippen molar-refractivity contribution >= 4 is 34.1 Å². The Kier molecular flexibility index (Phi) is 4.75. The van der Waals surface area contributed by atoms with Gasteiger partial charge in [0.2, 0.25) is 5.91 Å². The number of amides is 1. The molecule has 7 nitrogen and oxygen atoms in total. The minimum Gasteiger partial charge on any atom is -0.310 e. The lowest BCUT2D eigenvalue weighted by Crippen LogP contribution is -2.13. The van der Waals surface area contributed by atoms with E-state index in [1.54, 1.807) is 31.5 Å². The predicted molar refractivity (Wildman–Crippen MR) is 108 cm³/mol. The summed E-state index contributed by atoms with van der Waals surface area (Å²) < 4.78 is 0. The molecule has 0 atom stereocenters. The maximum Gasteiger partial charge on any atom is 0.229 e. The molecule has 0 spiro atoms. The Balaban J connectivity index is 1.69. The van der Waals surface area contributed by atoms with E-state index in [2.05, 4.69) is 25.5 Å². The van der Waals surface area contributed by atoms with Gasteiger partial charge in [0.1, 0.15) is 11.5 Å². The lowest BCUT2D eigenvalue weighted by atomic mass is 10.1. The average molecular weight is 392 g/mol. The van der Waals surface area contributed by atoms with Gasteiger partial charge in [0.05, 0.1) is 6.20 Å². The summed E-state index contributed by atoms with van der Waals surface area (Å²) >= 11 is 6.15. The fourth-order valence-corrected chi connectivity index (χ4v) is 3.04. The van der Waals surface area contributed by atoms with Gasteiger partial charge in [-0.3, -0.25) is 9.78 Å². The lowest BCUT2D eigenvalue weighted by Gasteiger charge is -2.06. The fraction of sp³-hybridized carbons (Fsp3) is 0.100. The van der Waals surface area contributed by atoms with Crippen molar-refractivity contribution in [3.8, 4) is 17.1 Å². The SMILES string of the molecule is C[CH]C(=O)Nc1cc(Cl)cc(-n2ncc(-c3ccc4c(C)nccc4c3)n2)n1. The van der Waals surface area contributed by atoms with E-state index in [0.717, 1.165) is 22.0 Å². The number of carbonyl (C=O) groups is 1. The molecule has 8 heteroatoms. The molecule has 0 aliphatic heterocycles. The highest BCUT2D eigenvalue weighted by atomic mass is 35.5. The Bertz CT molecular complexity index is 1190. The van der Waals surface area contributed by atoms with E-state index in [1.807, 2.05) is 31.2 Å². The number of anilines is 1. The van der Waals surface area contributed by atoms with Crippen molar-refractivity contribution in [1.29, 1.82) is 0 Å². The zero-order chi connectivity index (χ0) is 19.7. The minimum absolute atomic E-state index is 0.268.